The fourth-order valence-corrected chi connectivity index (χ4v) is 4.56. The zero-order valence-electron chi connectivity index (χ0n) is 18.5. The minimum Gasteiger partial charge on any atom is -0.380 e. The summed E-state index contributed by atoms with van der Waals surface area (Å²) < 4.78 is 22.5. The van der Waals surface area contributed by atoms with Crippen molar-refractivity contribution in [1.82, 2.24) is 19.7 Å². The van der Waals surface area contributed by atoms with Gasteiger partial charge in [0.05, 0.1) is 19.4 Å². The zero-order chi connectivity index (χ0) is 22.3. The SMILES string of the molecule is Cn1cc(-c2ccc3cnc(NC(=O)C4(F)CCN(CC5(C)COC5)CC4)cc3c2)cn1. The number of benzene rings is 1. The lowest BCUT2D eigenvalue weighted by Gasteiger charge is -2.44. The topological polar surface area (TPSA) is 72.3 Å². The van der Waals surface area contributed by atoms with E-state index < -0.39 is 11.6 Å². The van der Waals surface area contributed by atoms with Crippen molar-refractivity contribution in [1.29, 1.82) is 0 Å². The van der Waals surface area contributed by atoms with E-state index in [-0.39, 0.29) is 18.3 Å². The van der Waals surface area contributed by atoms with E-state index in [1.54, 1.807) is 16.9 Å². The maximum absolute atomic E-state index is 15.5. The molecule has 168 valence electrons. The molecular weight excluding hydrogens is 409 g/mol. The number of rotatable bonds is 5. The Morgan fingerprint density at radius 1 is 1.16 bits per heavy atom. The van der Waals surface area contributed by atoms with Crippen LogP contribution in [0.4, 0.5) is 10.2 Å². The van der Waals surface area contributed by atoms with Crippen LogP contribution in [0.3, 0.4) is 0 Å². The first-order valence-corrected chi connectivity index (χ1v) is 11.0. The second kappa shape index (κ2) is 7.94. The molecule has 1 amide bonds. The molecule has 0 saturated carbocycles. The van der Waals surface area contributed by atoms with Gasteiger partial charge in [-0.05, 0) is 23.1 Å². The second-order valence-corrected chi connectivity index (χ2v) is 9.53. The maximum Gasteiger partial charge on any atom is 0.263 e. The van der Waals surface area contributed by atoms with Crippen molar-refractivity contribution in [3.8, 4) is 11.1 Å². The van der Waals surface area contributed by atoms with Gasteiger partial charge < -0.3 is 15.0 Å². The van der Waals surface area contributed by atoms with Crippen LogP contribution in [0.5, 0.6) is 0 Å². The third-order valence-corrected chi connectivity index (χ3v) is 6.56. The predicted octanol–water partition coefficient (Wildman–Crippen LogP) is 3.41. The predicted molar refractivity (Wildman–Crippen MR) is 121 cm³/mol. The smallest absolute Gasteiger partial charge is 0.263 e. The second-order valence-electron chi connectivity index (χ2n) is 9.53. The van der Waals surface area contributed by atoms with Gasteiger partial charge in [0.15, 0.2) is 5.67 Å². The van der Waals surface area contributed by atoms with Crippen LogP contribution in [0.25, 0.3) is 21.9 Å². The molecule has 0 radical (unpaired) electrons. The first-order chi connectivity index (χ1) is 15.3. The summed E-state index contributed by atoms with van der Waals surface area (Å²) in [7, 11) is 1.88. The molecule has 7 nitrogen and oxygen atoms in total. The molecule has 1 aromatic carbocycles. The van der Waals surface area contributed by atoms with Gasteiger partial charge in [0.1, 0.15) is 5.82 Å². The number of piperidine rings is 1. The molecule has 8 heteroatoms. The number of aromatic nitrogens is 3. The summed E-state index contributed by atoms with van der Waals surface area (Å²) in [6.07, 6.45) is 5.83. The number of nitrogens with one attached hydrogen (secondary N) is 1. The fourth-order valence-electron chi connectivity index (χ4n) is 4.56. The van der Waals surface area contributed by atoms with Crippen molar-refractivity contribution in [2.45, 2.75) is 25.4 Å². The molecule has 0 atom stereocenters. The van der Waals surface area contributed by atoms with E-state index in [4.69, 9.17) is 4.74 Å². The Morgan fingerprint density at radius 2 is 1.94 bits per heavy atom. The molecule has 2 fully saturated rings. The number of hydrogen-bond acceptors (Lipinski definition) is 5. The minimum atomic E-state index is -1.87. The largest absolute Gasteiger partial charge is 0.380 e. The van der Waals surface area contributed by atoms with E-state index in [1.807, 2.05) is 37.6 Å². The van der Waals surface area contributed by atoms with Crippen molar-refractivity contribution >= 4 is 22.5 Å². The van der Waals surface area contributed by atoms with E-state index in [9.17, 15) is 4.79 Å². The molecule has 0 unspecified atom stereocenters. The molecule has 0 aliphatic carbocycles. The molecule has 2 aliphatic rings. The summed E-state index contributed by atoms with van der Waals surface area (Å²) in [5, 5.41) is 8.81. The van der Waals surface area contributed by atoms with Gasteiger partial charge in [-0.1, -0.05) is 19.1 Å². The number of anilines is 1. The summed E-state index contributed by atoms with van der Waals surface area (Å²) in [5.41, 5.74) is 0.312. The van der Waals surface area contributed by atoms with Gasteiger partial charge in [-0.25, -0.2) is 9.37 Å². The molecule has 32 heavy (non-hydrogen) atoms. The zero-order valence-corrected chi connectivity index (χ0v) is 18.5. The van der Waals surface area contributed by atoms with Gasteiger partial charge in [-0.3, -0.25) is 9.48 Å². The lowest BCUT2D eigenvalue weighted by Crippen LogP contribution is -2.54. The Labute approximate surface area is 186 Å². The quantitative estimate of drug-likeness (QED) is 0.662. The van der Waals surface area contributed by atoms with Crippen LogP contribution in [0.2, 0.25) is 0 Å². The molecule has 3 aromatic rings. The van der Waals surface area contributed by atoms with Gasteiger partial charge in [-0.2, -0.15) is 5.10 Å². The van der Waals surface area contributed by atoms with Crippen molar-refractivity contribution in [3.63, 3.8) is 0 Å². The molecule has 2 aliphatic heterocycles. The van der Waals surface area contributed by atoms with Crippen LogP contribution in [0.15, 0.2) is 42.9 Å². The van der Waals surface area contributed by atoms with Crippen LogP contribution in [0, 0.1) is 5.41 Å². The number of aryl methyl sites for hydroxylation is 1. The van der Waals surface area contributed by atoms with Crippen molar-refractivity contribution in [2.75, 3.05) is 38.2 Å². The standard InChI is InChI=1S/C24H28FN5O2/c1-23(15-32-16-23)14-30-7-5-24(25,6-8-30)22(31)28-21-10-19-9-17(3-4-18(19)11-26-21)20-12-27-29(2)13-20/h3-4,9-13H,5-8,14-16H2,1-2H3,(H,26,28,31). The number of fused-ring (bicyclic) bond motifs is 1. The van der Waals surface area contributed by atoms with Crippen molar-refractivity contribution in [3.05, 3.63) is 42.9 Å². The van der Waals surface area contributed by atoms with E-state index in [1.165, 1.54) is 0 Å². The van der Waals surface area contributed by atoms with Crippen LogP contribution in [-0.4, -0.2) is 64.1 Å². The third kappa shape index (κ3) is 4.12. The first-order valence-electron chi connectivity index (χ1n) is 11.0. The summed E-state index contributed by atoms with van der Waals surface area (Å²) in [5.74, 6) is -0.241. The lowest BCUT2D eigenvalue weighted by atomic mass is 9.85. The summed E-state index contributed by atoms with van der Waals surface area (Å²) >= 11 is 0. The van der Waals surface area contributed by atoms with Gasteiger partial charge in [-0.15, -0.1) is 0 Å². The van der Waals surface area contributed by atoms with Crippen LogP contribution < -0.4 is 5.32 Å². The number of carbonyl (C=O) groups is 1. The van der Waals surface area contributed by atoms with E-state index in [2.05, 4.69) is 27.2 Å². The maximum atomic E-state index is 15.5. The molecule has 5 rings (SSSR count). The number of hydrogen-bond donors (Lipinski definition) is 1. The Morgan fingerprint density at radius 3 is 2.59 bits per heavy atom. The Kier molecular flexibility index (Phi) is 5.22. The van der Waals surface area contributed by atoms with E-state index in [0.717, 1.165) is 41.7 Å². The highest BCUT2D eigenvalue weighted by Crippen LogP contribution is 2.33. The van der Waals surface area contributed by atoms with Crippen molar-refractivity contribution in [2.24, 2.45) is 12.5 Å². The first kappa shape index (κ1) is 21.0. The number of pyridine rings is 1. The molecule has 0 bridgehead atoms. The average Bonchev–Trinajstić information content (AvgIpc) is 3.20. The normalized spacial score (nSPS) is 20.1. The van der Waals surface area contributed by atoms with E-state index >= 15 is 4.39 Å². The van der Waals surface area contributed by atoms with Crippen molar-refractivity contribution < 1.29 is 13.9 Å². The average molecular weight is 438 g/mol. The van der Waals surface area contributed by atoms with Gasteiger partial charge in [0, 0.05) is 68.3 Å². The highest BCUT2D eigenvalue weighted by Gasteiger charge is 2.44. The van der Waals surface area contributed by atoms with Crippen LogP contribution in [0.1, 0.15) is 19.8 Å². The minimum absolute atomic E-state index is 0.155. The number of halogens is 1. The Balaban J connectivity index is 1.26. The summed E-state index contributed by atoms with van der Waals surface area (Å²) in [6, 6.07) is 7.82. The monoisotopic (exact) mass is 437 g/mol. The highest BCUT2D eigenvalue weighted by atomic mass is 19.1. The van der Waals surface area contributed by atoms with Crippen LogP contribution in [-0.2, 0) is 16.6 Å². The number of amides is 1. The number of ether oxygens (including phenoxy) is 1. The molecule has 0 spiro atoms. The molecule has 4 heterocycles. The highest BCUT2D eigenvalue weighted by molar-refractivity contribution is 5.98. The lowest BCUT2D eigenvalue weighted by molar-refractivity contribution is -0.135. The van der Waals surface area contributed by atoms with Gasteiger partial charge in [0.25, 0.3) is 5.91 Å². The summed E-state index contributed by atoms with van der Waals surface area (Å²) in [4.78, 5) is 19.4. The third-order valence-electron chi connectivity index (χ3n) is 6.56. The fraction of sp³-hybridized carbons (Fsp3) is 0.458. The van der Waals surface area contributed by atoms with Crippen LogP contribution >= 0.6 is 0 Å². The number of likely N-dealkylation sites (tertiary alicyclic amines) is 1. The number of alkyl halides is 1. The van der Waals surface area contributed by atoms with E-state index in [0.29, 0.717) is 18.9 Å². The summed E-state index contributed by atoms with van der Waals surface area (Å²) in [6.45, 7) is 5.71. The van der Waals surface area contributed by atoms with Gasteiger partial charge >= 0.3 is 0 Å². The molecular formula is C24H28FN5O2. The molecule has 2 aromatic heterocycles. The Bertz CT molecular complexity index is 1150. The van der Waals surface area contributed by atoms with Gasteiger partial charge in [0.2, 0.25) is 0 Å². The molecule has 2 saturated heterocycles. The number of nitrogens with zero attached hydrogens (tertiary/aromatic N) is 4. The Hall–Kier alpha value is -2.84. The molecule has 1 N–H and O–H groups in total. The number of carbonyl (C=O) groups excluding carboxylic acids is 1.